The summed E-state index contributed by atoms with van der Waals surface area (Å²) < 4.78 is 14.5. The van der Waals surface area contributed by atoms with Crippen molar-refractivity contribution in [2.75, 3.05) is 6.61 Å². The molecule has 0 saturated heterocycles. The minimum Gasteiger partial charge on any atom is -0.405 e. The van der Waals surface area contributed by atoms with E-state index < -0.39 is 8.32 Å². The molecule has 1 heterocycles. The maximum absolute atomic E-state index is 7.43. The fraction of sp³-hybridized carbons (Fsp3) is 0.316. The highest BCUT2D eigenvalue weighted by Crippen LogP contribution is 2.40. The molecule has 0 saturated carbocycles. The molecule has 0 N–H and O–H groups in total. The molecule has 4 aromatic carbocycles. The van der Waals surface area contributed by atoms with Crippen molar-refractivity contribution in [2.24, 2.45) is 0 Å². The van der Waals surface area contributed by atoms with Gasteiger partial charge in [-0.2, -0.15) is 0 Å². The zero-order valence-corrected chi connectivity index (χ0v) is 26.6. The fourth-order valence-electron chi connectivity index (χ4n) is 6.60. The third-order valence-electron chi connectivity index (χ3n) is 8.61. The lowest BCUT2D eigenvalue weighted by Crippen LogP contribution is -2.67. The third kappa shape index (κ3) is 5.90. The monoisotopic (exact) mass is 560 g/mol. The van der Waals surface area contributed by atoms with E-state index in [1.54, 1.807) is 0 Å². The third-order valence-corrected chi connectivity index (χ3v) is 13.6. The Morgan fingerprint density at radius 1 is 0.659 bits per heavy atom. The summed E-state index contributed by atoms with van der Waals surface area (Å²) in [5, 5.41) is 2.49. The zero-order valence-electron chi connectivity index (χ0n) is 25.6. The summed E-state index contributed by atoms with van der Waals surface area (Å²) in [6.07, 6.45) is 4.38. The van der Waals surface area contributed by atoms with Crippen molar-refractivity contribution in [3.63, 3.8) is 0 Å². The van der Waals surface area contributed by atoms with Crippen molar-refractivity contribution in [1.82, 2.24) is 0 Å². The summed E-state index contributed by atoms with van der Waals surface area (Å²) >= 11 is 0. The number of rotatable bonds is 7. The Kier molecular flexibility index (Phi) is 8.51. The Morgan fingerprint density at radius 3 is 1.66 bits per heavy atom. The van der Waals surface area contributed by atoms with Gasteiger partial charge in [0.05, 0.1) is 12.7 Å². The molecule has 0 fully saturated rings. The molecule has 3 atom stereocenters. The number of aryl methyl sites for hydroxylation is 4. The molecule has 1 aliphatic heterocycles. The minimum absolute atomic E-state index is 0.0948. The molecule has 2 nitrogen and oxygen atoms in total. The van der Waals surface area contributed by atoms with E-state index in [1.165, 1.54) is 43.8 Å². The fourth-order valence-corrected chi connectivity index (χ4v) is 11.2. The van der Waals surface area contributed by atoms with Crippen LogP contribution in [0.1, 0.15) is 66.2 Å². The van der Waals surface area contributed by atoms with Crippen molar-refractivity contribution >= 4 is 18.7 Å². The van der Waals surface area contributed by atoms with Crippen LogP contribution in [0.15, 0.2) is 109 Å². The first-order valence-electron chi connectivity index (χ1n) is 14.8. The van der Waals surface area contributed by atoms with Crippen LogP contribution in [0.4, 0.5) is 0 Å². The van der Waals surface area contributed by atoms with Crippen molar-refractivity contribution in [2.45, 2.75) is 71.6 Å². The van der Waals surface area contributed by atoms with Crippen LogP contribution in [0.25, 0.3) is 0 Å². The van der Waals surface area contributed by atoms with Crippen molar-refractivity contribution in [3.8, 4) is 0 Å². The molecule has 0 bridgehead atoms. The zero-order chi connectivity index (χ0) is 29.2. The smallest absolute Gasteiger partial charge is 0.261 e. The van der Waals surface area contributed by atoms with Gasteiger partial charge in [0.25, 0.3) is 8.32 Å². The van der Waals surface area contributed by atoms with E-state index in [1.807, 2.05) is 0 Å². The van der Waals surface area contributed by atoms with Gasteiger partial charge in [0.2, 0.25) is 0 Å². The van der Waals surface area contributed by atoms with Gasteiger partial charge in [-0.3, -0.25) is 0 Å². The molecule has 1 aliphatic rings. The Balaban J connectivity index is 1.58. The molecule has 0 spiro atoms. The average Bonchev–Trinajstić information content (AvgIpc) is 2.94. The quantitative estimate of drug-likeness (QED) is 0.167. The Morgan fingerprint density at radius 2 is 1.17 bits per heavy atom. The lowest BCUT2D eigenvalue weighted by Gasteiger charge is -2.44. The second kappa shape index (κ2) is 11.9. The summed E-state index contributed by atoms with van der Waals surface area (Å²) in [5.41, 5.74) is 7.63. The summed E-state index contributed by atoms with van der Waals surface area (Å²) in [6.45, 7) is 16.2. The summed E-state index contributed by atoms with van der Waals surface area (Å²) in [7, 11) is -2.71. The van der Waals surface area contributed by atoms with E-state index >= 15 is 0 Å². The Labute approximate surface area is 248 Å². The topological polar surface area (TPSA) is 18.5 Å². The number of ether oxygens (including phenoxy) is 1. The highest BCUT2D eigenvalue weighted by atomic mass is 28.4. The molecule has 41 heavy (non-hydrogen) atoms. The molecule has 0 radical (unpaired) electrons. The molecule has 0 aromatic heterocycles. The van der Waals surface area contributed by atoms with Gasteiger partial charge >= 0.3 is 0 Å². The van der Waals surface area contributed by atoms with Gasteiger partial charge in [-0.1, -0.05) is 141 Å². The standard InChI is InChI=1S/C38H44O2Si/c1-27-18-20-33(29(3)24-27)35-22-23-36(34-21-19-28(2)25-30(34)4)40-37(35)26-39-41(38(5,6)7,31-14-10-8-11-15-31)32-16-12-9-13-17-32/h8-25,35-37H,26H2,1-7H3/t35-,36-,37-/m1/s1. The molecular weight excluding hydrogens is 517 g/mol. The van der Waals surface area contributed by atoms with Crippen LogP contribution in [0.2, 0.25) is 5.04 Å². The van der Waals surface area contributed by atoms with Gasteiger partial charge in [0.15, 0.2) is 0 Å². The molecule has 0 unspecified atom stereocenters. The van der Waals surface area contributed by atoms with Crippen molar-refractivity contribution in [3.05, 3.63) is 143 Å². The number of hydrogen-bond acceptors (Lipinski definition) is 2. The first kappa shape index (κ1) is 29.3. The highest BCUT2D eigenvalue weighted by molar-refractivity contribution is 6.99. The molecular formula is C38H44O2Si. The second-order valence-corrected chi connectivity index (χ2v) is 17.0. The van der Waals surface area contributed by atoms with Gasteiger partial charge in [0.1, 0.15) is 6.10 Å². The largest absolute Gasteiger partial charge is 0.405 e. The van der Waals surface area contributed by atoms with E-state index in [9.17, 15) is 0 Å². The Bertz CT molecular complexity index is 1460. The van der Waals surface area contributed by atoms with E-state index in [0.29, 0.717) is 6.61 Å². The van der Waals surface area contributed by atoms with E-state index in [2.05, 4.69) is 158 Å². The van der Waals surface area contributed by atoms with Gasteiger partial charge < -0.3 is 9.16 Å². The van der Waals surface area contributed by atoms with Crippen LogP contribution in [-0.2, 0) is 9.16 Å². The predicted molar refractivity (Wildman–Crippen MR) is 175 cm³/mol. The number of benzene rings is 4. The molecule has 3 heteroatoms. The predicted octanol–water partition coefficient (Wildman–Crippen LogP) is 8.28. The maximum Gasteiger partial charge on any atom is 0.261 e. The summed E-state index contributed by atoms with van der Waals surface area (Å²) in [4.78, 5) is 0. The average molecular weight is 561 g/mol. The maximum atomic E-state index is 7.43. The molecule has 0 aliphatic carbocycles. The highest BCUT2D eigenvalue weighted by Gasteiger charge is 2.51. The SMILES string of the molecule is Cc1ccc([C@H]2C=C[C@H](c3ccc(C)cc3C)O[C@@H]2CO[Si](c2ccccc2)(c2ccccc2)C(C)(C)C)c(C)c1. The first-order valence-corrected chi connectivity index (χ1v) is 16.7. The molecule has 5 rings (SSSR count). The lowest BCUT2D eigenvalue weighted by atomic mass is 9.86. The van der Waals surface area contributed by atoms with Gasteiger partial charge in [-0.05, 0) is 65.4 Å². The van der Waals surface area contributed by atoms with Crippen LogP contribution in [0.3, 0.4) is 0 Å². The first-order chi connectivity index (χ1) is 19.6. The van der Waals surface area contributed by atoms with Crippen molar-refractivity contribution in [1.29, 1.82) is 0 Å². The summed E-state index contributed by atoms with van der Waals surface area (Å²) in [5.74, 6) is 0.107. The molecule has 4 aromatic rings. The van der Waals surface area contributed by atoms with Crippen LogP contribution < -0.4 is 10.4 Å². The van der Waals surface area contributed by atoms with E-state index in [-0.39, 0.29) is 23.2 Å². The van der Waals surface area contributed by atoms with E-state index in [0.717, 1.165) is 0 Å². The van der Waals surface area contributed by atoms with Gasteiger partial charge in [0, 0.05) is 5.92 Å². The second-order valence-electron chi connectivity index (χ2n) is 12.7. The lowest BCUT2D eigenvalue weighted by molar-refractivity contribution is -0.0323. The van der Waals surface area contributed by atoms with Crippen molar-refractivity contribution < 1.29 is 9.16 Å². The van der Waals surface area contributed by atoms with Gasteiger partial charge in [-0.25, -0.2) is 0 Å². The van der Waals surface area contributed by atoms with Gasteiger partial charge in [-0.15, -0.1) is 0 Å². The minimum atomic E-state index is -2.71. The van der Waals surface area contributed by atoms with Crippen LogP contribution >= 0.6 is 0 Å². The summed E-state index contributed by atoms with van der Waals surface area (Å²) in [6, 6.07) is 35.2. The normalized spacial score (nSPS) is 19.3. The van der Waals surface area contributed by atoms with Crippen LogP contribution in [0, 0.1) is 27.7 Å². The number of hydrogen-bond donors (Lipinski definition) is 0. The van der Waals surface area contributed by atoms with E-state index in [4.69, 9.17) is 9.16 Å². The van der Waals surface area contributed by atoms with Crippen LogP contribution in [-0.4, -0.2) is 21.0 Å². The molecule has 212 valence electrons. The Hall–Kier alpha value is -3.24. The molecule has 0 amide bonds. The van der Waals surface area contributed by atoms with Crippen LogP contribution in [0.5, 0.6) is 0 Å².